The van der Waals surface area contributed by atoms with Gasteiger partial charge >= 0.3 is 0 Å². The summed E-state index contributed by atoms with van der Waals surface area (Å²) in [6.45, 7) is 5.19. The van der Waals surface area contributed by atoms with Crippen LogP contribution in [-0.2, 0) is 9.47 Å². The quantitative estimate of drug-likeness (QED) is 0.679. The Morgan fingerprint density at radius 2 is 2.12 bits per heavy atom. The molecule has 0 spiro atoms. The molecule has 1 aliphatic carbocycles. The van der Waals surface area contributed by atoms with Crippen molar-refractivity contribution in [3.63, 3.8) is 0 Å². The Bertz CT molecular complexity index is 263. The average Bonchev–Trinajstić information content (AvgIpc) is 3.08. The van der Waals surface area contributed by atoms with Crippen LogP contribution in [0.3, 0.4) is 0 Å². The summed E-state index contributed by atoms with van der Waals surface area (Å²) in [6, 6.07) is 0. The Balaban J connectivity index is 1.98. The monoisotopic (exact) mass is 260 g/mol. The van der Waals surface area contributed by atoms with Gasteiger partial charge in [-0.05, 0) is 51.9 Å². The maximum atomic E-state index is 6.28. The highest BCUT2D eigenvalue weighted by atomic mass is 35.5. The Morgan fingerprint density at radius 3 is 2.65 bits per heavy atom. The molecule has 2 aliphatic rings. The number of rotatable bonds is 6. The van der Waals surface area contributed by atoms with Crippen molar-refractivity contribution >= 4 is 11.6 Å². The summed E-state index contributed by atoms with van der Waals surface area (Å²) in [5, 5.41) is 0. The number of hydrogen-bond donors (Lipinski definition) is 0. The smallest absolute Gasteiger partial charge is 0.0671 e. The van der Waals surface area contributed by atoms with Gasteiger partial charge in [-0.1, -0.05) is 0 Å². The zero-order valence-corrected chi connectivity index (χ0v) is 12.1. The molecule has 2 unspecified atom stereocenters. The first-order valence-corrected chi connectivity index (χ1v) is 7.29. The van der Waals surface area contributed by atoms with Gasteiger partial charge in [-0.3, -0.25) is 0 Å². The molecule has 2 nitrogen and oxygen atoms in total. The number of hydrogen-bond acceptors (Lipinski definition) is 2. The van der Waals surface area contributed by atoms with Gasteiger partial charge < -0.3 is 9.47 Å². The maximum Gasteiger partial charge on any atom is 0.0671 e. The molecule has 1 heterocycles. The van der Waals surface area contributed by atoms with E-state index >= 15 is 0 Å². The Hall–Kier alpha value is 0.210. The summed E-state index contributed by atoms with van der Waals surface area (Å²) >= 11 is 6.28. The molecule has 1 saturated carbocycles. The van der Waals surface area contributed by atoms with Gasteiger partial charge in [0.05, 0.1) is 11.7 Å². The van der Waals surface area contributed by atoms with E-state index in [1.165, 1.54) is 12.8 Å². The zero-order valence-electron chi connectivity index (χ0n) is 11.3. The second kappa shape index (κ2) is 5.07. The molecule has 0 aromatic heterocycles. The maximum absolute atomic E-state index is 6.28. The third kappa shape index (κ3) is 2.97. The van der Waals surface area contributed by atoms with Crippen LogP contribution in [0.2, 0.25) is 0 Å². The summed E-state index contributed by atoms with van der Waals surface area (Å²) in [6.07, 6.45) is 6.37. The molecule has 1 aliphatic heterocycles. The van der Waals surface area contributed by atoms with E-state index in [9.17, 15) is 0 Å². The normalized spacial score (nSPS) is 34.2. The fraction of sp³-hybridized carbons (Fsp3) is 1.00. The van der Waals surface area contributed by atoms with Crippen molar-refractivity contribution < 1.29 is 9.47 Å². The first-order chi connectivity index (χ1) is 8.03. The van der Waals surface area contributed by atoms with E-state index < -0.39 is 0 Å². The van der Waals surface area contributed by atoms with Crippen LogP contribution in [0.4, 0.5) is 0 Å². The third-order valence-electron chi connectivity index (χ3n) is 4.59. The van der Waals surface area contributed by atoms with Crippen LogP contribution in [0.5, 0.6) is 0 Å². The van der Waals surface area contributed by atoms with Crippen LogP contribution < -0.4 is 0 Å². The first kappa shape index (κ1) is 13.6. The van der Waals surface area contributed by atoms with E-state index in [1.807, 2.05) is 0 Å². The van der Waals surface area contributed by atoms with Gasteiger partial charge in [0.25, 0.3) is 0 Å². The highest BCUT2D eigenvalue weighted by molar-refractivity contribution is 6.18. The van der Waals surface area contributed by atoms with Crippen molar-refractivity contribution in [3.8, 4) is 0 Å². The van der Waals surface area contributed by atoms with Gasteiger partial charge in [-0.15, -0.1) is 11.6 Å². The van der Waals surface area contributed by atoms with E-state index in [0.29, 0.717) is 6.10 Å². The fourth-order valence-electron chi connectivity index (χ4n) is 2.87. The van der Waals surface area contributed by atoms with Gasteiger partial charge in [0.15, 0.2) is 0 Å². The number of ether oxygens (including phenoxy) is 2. The van der Waals surface area contributed by atoms with Crippen LogP contribution in [0.1, 0.15) is 46.0 Å². The fourth-order valence-corrected chi connectivity index (χ4v) is 3.29. The molecule has 0 aromatic carbocycles. The van der Waals surface area contributed by atoms with E-state index in [4.69, 9.17) is 21.1 Å². The molecule has 3 heteroatoms. The molecule has 0 aromatic rings. The summed E-state index contributed by atoms with van der Waals surface area (Å²) in [5.41, 5.74) is 0.161. The van der Waals surface area contributed by atoms with Crippen molar-refractivity contribution in [2.75, 3.05) is 19.6 Å². The summed E-state index contributed by atoms with van der Waals surface area (Å²) < 4.78 is 11.5. The summed E-state index contributed by atoms with van der Waals surface area (Å²) in [4.78, 5) is 0. The van der Waals surface area contributed by atoms with E-state index in [0.717, 1.165) is 37.7 Å². The number of methoxy groups -OCH3 is 1. The van der Waals surface area contributed by atoms with Crippen molar-refractivity contribution in [2.45, 2.75) is 57.7 Å². The van der Waals surface area contributed by atoms with Crippen molar-refractivity contribution in [3.05, 3.63) is 0 Å². The van der Waals surface area contributed by atoms with Gasteiger partial charge in [0, 0.05) is 25.0 Å². The predicted molar refractivity (Wildman–Crippen MR) is 70.6 cm³/mol. The van der Waals surface area contributed by atoms with Gasteiger partial charge in [-0.25, -0.2) is 0 Å². The lowest BCUT2D eigenvalue weighted by Crippen LogP contribution is -2.37. The van der Waals surface area contributed by atoms with E-state index in [2.05, 4.69) is 13.8 Å². The molecule has 0 amide bonds. The zero-order chi connectivity index (χ0) is 12.5. The molecule has 17 heavy (non-hydrogen) atoms. The highest BCUT2D eigenvalue weighted by Crippen LogP contribution is 2.51. The summed E-state index contributed by atoms with van der Waals surface area (Å²) in [5.74, 6) is 1.51. The Kier molecular flexibility index (Phi) is 4.06. The molecular formula is C14H25ClO2. The van der Waals surface area contributed by atoms with Gasteiger partial charge in [0.1, 0.15) is 0 Å². The lowest BCUT2D eigenvalue weighted by molar-refractivity contribution is -0.0108. The SMILES string of the molecule is COC(C)(C)CCC1(CCl)CCOC1C1CC1. The van der Waals surface area contributed by atoms with Crippen LogP contribution in [-0.4, -0.2) is 31.3 Å². The first-order valence-electron chi connectivity index (χ1n) is 6.76. The van der Waals surface area contributed by atoms with Gasteiger partial charge in [0.2, 0.25) is 0 Å². The minimum absolute atomic E-state index is 0.0459. The second-order valence-corrected chi connectivity index (χ2v) is 6.61. The third-order valence-corrected chi connectivity index (χ3v) is 5.13. The Labute approximate surface area is 110 Å². The second-order valence-electron chi connectivity index (χ2n) is 6.34. The molecule has 0 bridgehead atoms. The lowest BCUT2D eigenvalue weighted by Gasteiger charge is -2.35. The molecule has 0 N–H and O–H groups in total. The topological polar surface area (TPSA) is 18.5 Å². The number of alkyl halides is 1. The van der Waals surface area contributed by atoms with Crippen LogP contribution in [0, 0.1) is 11.3 Å². The molecule has 100 valence electrons. The minimum Gasteiger partial charge on any atom is -0.379 e. The van der Waals surface area contributed by atoms with Gasteiger partial charge in [-0.2, -0.15) is 0 Å². The standard InChI is InChI=1S/C14H25ClO2/c1-13(2,16-3)6-7-14(10-15)8-9-17-12(14)11-4-5-11/h11-12H,4-10H2,1-3H3. The largest absolute Gasteiger partial charge is 0.379 e. The average molecular weight is 261 g/mol. The van der Waals surface area contributed by atoms with Crippen molar-refractivity contribution in [1.29, 1.82) is 0 Å². The van der Waals surface area contributed by atoms with Crippen LogP contribution in [0.25, 0.3) is 0 Å². The Morgan fingerprint density at radius 1 is 1.41 bits per heavy atom. The predicted octanol–water partition coefficient (Wildman–Crippen LogP) is 3.62. The molecule has 2 fully saturated rings. The number of halogens is 1. The van der Waals surface area contributed by atoms with Crippen molar-refractivity contribution in [2.24, 2.45) is 11.3 Å². The summed E-state index contributed by atoms with van der Waals surface area (Å²) in [7, 11) is 1.79. The molecule has 1 saturated heterocycles. The van der Waals surface area contributed by atoms with Crippen LogP contribution in [0.15, 0.2) is 0 Å². The molecular weight excluding hydrogens is 236 g/mol. The molecule has 0 radical (unpaired) electrons. The molecule has 2 rings (SSSR count). The minimum atomic E-state index is -0.0459. The van der Waals surface area contributed by atoms with Crippen molar-refractivity contribution in [1.82, 2.24) is 0 Å². The van der Waals surface area contributed by atoms with E-state index in [1.54, 1.807) is 7.11 Å². The molecule has 2 atom stereocenters. The van der Waals surface area contributed by atoms with Crippen LogP contribution >= 0.6 is 11.6 Å². The lowest BCUT2D eigenvalue weighted by atomic mass is 9.75. The van der Waals surface area contributed by atoms with E-state index in [-0.39, 0.29) is 11.0 Å². The highest BCUT2D eigenvalue weighted by Gasteiger charge is 2.50.